The second-order valence-corrected chi connectivity index (χ2v) is 4.26. The Labute approximate surface area is 107 Å². The Balaban J connectivity index is 1.79. The Kier molecular flexibility index (Phi) is 2.02. The maximum absolute atomic E-state index is 4.25. The van der Waals surface area contributed by atoms with Gasteiger partial charge < -0.3 is 10.3 Å². The monoisotopic (exact) mass is 250 g/mol. The molecule has 0 aliphatic rings. The molecular weight excluding hydrogens is 240 g/mol. The third kappa shape index (κ3) is 1.61. The summed E-state index contributed by atoms with van der Waals surface area (Å²) in [6, 6.07) is 8.14. The van der Waals surface area contributed by atoms with Gasteiger partial charge >= 0.3 is 0 Å². The summed E-state index contributed by atoms with van der Waals surface area (Å²) in [6.45, 7) is 0. The highest BCUT2D eigenvalue weighted by Gasteiger charge is 2.05. The molecule has 0 aliphatic heterocycles. The number of benzene rings is 1. The zero-order valence-electron chi connectivity index (χ0n) is 9.88. The lowest BCUT2D eigenvalue weighted by Gasteiger charge is -2.06. The van der Waals surface area contributed by atoms with E-state index in [1.165, 1.54) is 6.33 Å². The van der Waals surface area contributed by atoms with Crippen LogP contribution in [0.1, 0.15) is 0 Å². The molecule has 0 fully saturated rings. The minimum absolute atomic E-state index is 0.722. The number of aromatic amines is 2. The van der Waals surface area contributed by atoms with Crippen molar-refractivity contribution in [1.29, 1.82) is 0 Å². The van der Waals surface area contributed by atoms with Crippen molar-refractivity contribution in [1.82, 2.24) is 25.1 Å². The predicted molar refractivity (Wildman–Crippen MR) is 73.3 cm³/mol. The molecule has 0 amide bonds. The standard InChI is InChI=1S/C13H10N6/c1-2-11-8(3-4-14-11)5-9(1)18-12-10-6-17-19-13(10)16-7-15-12/h1-7,14H,(H2,15,16,17,18,19). The summed E-state index contributed by atoms with van der Waals surface area (Å²) >= 11 is 0. The van der Waals surface area contributed by atoms with Gasteiger partial charge in [-0.2, -0.15) is 5.10 Å². The first-order chi connectivity index (χ1) is 9.40. The first kappa shape index (κ1) is 10.1. The molecule has 0 spiro atoms. The Morgan fingerprint density at radius 1 is 1.11 bits per heavy atom. The molecule has 3 N–H and O–H groups in total. The van der Waals surface area contributed by atoms with E-state index in [1.807, 2.05) is 24.4 Å². The minimum Gasteiger partial charge on any atom is -0.361 e. The summed E-state index contributed by atoms with van der Waals surface area (Å²) in [7, 11) is 0. The molecule has 3 aromatic heterocycles. The average molecular weight is 250 g/mol. The number of nitrogens with one attached hydrogen (secondary N) is 3. The molecule has 0 aliphatic carbocycles. The molecule has 6 nitrogen and oxygen atoms in total. The average Bonchev–Trinajstić information content (AvgIpc) is 3.06. The number of rotatable bonds is 2. The van der Waals surface area contributed by atoms with Gasteiger partial charge in [0, 0.05) is 22.8 Å². The van der Waals surface area contributed by atoms with Crippen molar-refractivity contribution in [3.05, 3.63) is 43.0 Å². The van der Waals surface area contributed by atoms with Gasteiger partial charge in [-0.25, -0.2) is 9.97 Å². The van der Waals surface area contributed by atoms with E-state index in [4.69, 9.17) is 0 Å². The molecule has 19 heavy (non-hydrogen) atoms. The fourth-order valence-electron chi connectivity index (χ4n) is 2.13. The fourth-order valence-corrected chi connectivity index (χ4v) is 2.13. The topological polar surface area (TPSA) is 82.3 Å². The molecule has 3 heterocycles. The highest BCUT2D eigenvalue weighted by molar-refractivity contribution is 5.89. The van der Waals surface area contributed by atoms with Crippen molar-refractivity contribution in [2.45, 2.75) is 0 Å². The molecule has 92 valence electrons. The SMILES string of the molecule is c1nc(Nc2ccc3[nH]ccc3c2)c2cn[nH]c2n1. The van der Waals surface area contributed by atoms with Crippen LogP contribution in [0, 0.1) is 0 Å². The molecule has 0 saturated carbocycles. The Morgan fingerprint density at radius 2 is 2.11 bits per heavy atom. The summed E-state index contributed by atoms with van der Waals surface area (Å²) < 4.78 is 0. The Bertz CT molecular complexity index is 859. The quantitative estimate of drug-likeness (QED) is 0.510. The largest absolute Gasteiger partial charge is 0.361 e. The lowest BCUT2D eigenvalue weighted by molar-refractivity contribution is 1.09. The number of H-pyrrole nitrogens is 2. The summed E-state index contributed by atoms with van der Waals surface area (Å²) in [6.07, 6.45) is 5.15. The number of aromatic nitrogens is 5. The molecule has 4 aromatic rings. The van der Waals surface area contributed by atoms with Gasteiger partial charge in [-0.15, -0.1) is 0 Å². The predicted octanol–water partition coefficient (Wildman–Crippen LogP) is 2.58. The lowest BCUT2D eigenvalue weighted by Crippen LogP contribution is -1.94. The first-order valence-corrected chi connectivity index (χ1v) is 5.88. The van der Waals surface area contributed by atoms with Crippen LogP contribution in [-0.2, 0) is 0 Å². The van der Waals surface area contributed by atoms with Crippen LogP contribution in [0.5, 0.6) is 0 Å². The van der Waals surface area contributed by atoms with Gasteiger partial charge in [0.05, 0.1) is 11.6 Å². The summed E-state index contributed by atoms with van der Waals surface area (Å²) in [5.74, 6) is 0.744. The number of nitrogens with zero attached hydrogens (tertiary/aromatic N) is 3. The van der Waals surface area contributed by atoms with Gasteiger partial charge in [0.2, 0.25) is 0 Å². The first-order valence-electron chi connectivity index (χ1n) is 5.88. The molecule has 0 unspecified atom stereocenters. The van der Waals surface area contributed by atoms with Crippen LogP contribution >= 0.6 is 0 Å². The van der Waals surface area contributed by atoms with E-state index in [-0.39, 0.29) is 0 Å². The third-order valence-electron chi connectivity index (χ3n) is 3.06. The zero-order chi connectivity index (χ0) is 12.7. The molecule has 4 rings (SSSR count). The van der Waals surface area contributed by atoms with Gasteiger partial charge in [-0.3, -0.25) is 5.10 Å². The number of hydrogen-bond acceptors (Lipinski definition) is 4. The maximum Gasteiger partial charge on any atom is 0.160 e. The van der Waals surface area contributed by atoms with Crippen molar-refractivity contribution in [2.75, 3.05) is 5.32 Å². The zero-order valence-corrected chi connectivity index (χ0v) is 9.88. The van der Waals surface area contributed by atoms with E-state index in [0.717, 1.165) is 33.4 Å². The second-order valence-electron chi connectivity index (χ2n) is 4.26. The summed E-state index contributed by atoms with van der Waals surface area (Å²) in [5.41, 5.74) is 2.82. The molecular formula is C13H10N6. The minimum atomic E-state index is 0.722. The van der Waals surface area contributed by atoms with Gasteiger partial charge in [-0.1, -0.05) is 0 Å². The van der Waals surface area contributed by atoms with Gasteiger partial charge in [-0.05, 0) is 24.3 Å². The van der Waals surface area contributed by atoms with Crippen LogP contribution < -0.4 is 5.32 Å². The molecule has 0 radical (unpaired) electrons. The van der Waals surface area contributed by atoms with Crippen molar-refractivity contribution >= 4 is 33.4 Å². The number of hydrogen-bond donors (Lipinski definition) is 3. The highest BCUT2D eigenvalue weighted by atomic mass is 15.2. The van der Waals surface area contributed by atoms with Crippen molar-refractivity contribution in [3.63, 3.8) is 0 Å². The van der Waals surface area contributed by atoms with Gasteiger partial charge in [0.1, 0.15) is 12.1 Å². The van der Waals surface area contributed by atoms with Crippen LogP contribution in [0.3, 0.4) is 0 Å². The number of anilines is 2. The fraction of sp³-hybridized carbons (Fsp3) is 0. The van der Waals surface area contributed by atoms with Crippen LogP contribution in [-0.4, -0.2) is 25.1 Å². The van der Waals surface area contributed by atoms with Crippen molar-refractivity contribution in [3.8, 4) is 0 Å². The smallest absolute Gasteiger partial charge is 0.160 e. The van der Waals surface area contributed by atoms with E-state index in [9.17, 15) is 0 Å². The lowest BCUT2D eigenvalue weighted by atomic mass is 10.2. The van der Waals surface area contributed by atoms with E-state index in [1.54, 1.807) is 6.20 Å². The summed E-state index contributed by atoms with van der Waals surface area (Å²) in [4.78, 5) is 11.5. The van der Waals surface area contributed by atoms with Crippen LogP contribution in [0.2, 0.25) is 0 Å². The van der Waals surface area contributed by atoms with E-state index in [0.29, 0.717) is 0 Å². The maximum atomic E-state index is 4.25. The van der Waals surface area contributed by atoms with Gasteiger partial charge in [0.25, 0.3) is 0 Å². The van der Waals surface area contributed by atoms with E-state index >= 15 is 0 Å². The van der Waals surface area contributed by atoms with Crippen molar-refractivity contribution in [2.24, 2.45) is 0 Å². The van der Waals surface area contributed by atoms with E-state index < -0.39 is 0 Å². The van der Waals surface area contributed by atoms with Gasteiger partial charge in [0.15, 0.2) is 5.65 Å². The highest BCUT2D eigenvalue weighted by Crippen LogP contribution is 2.24. The number of fused-ring (bicyclic) bond motifs is 2. The molecule has 0 saturated heterocycles. The van der Waals surface area contributed by atoms with Crippen molar-refractivity contribution < 1.29 is 0 Å². The second kappa shape index (κ2) is 3.81. The molecule has 1 aromatic carbocycles. The van der Waals surface area contributed by atoms with Crippen LogP contribution in [0.25, 0.3) is 21.9 Å². The molecule has 0 bridgehead atoms. The third-order valence-corrected chi connectivity index (χ3v) is 3.06. The van der Waals surface area contributed by atoms with Crippen LogP contribution in [0.15, 0.2) is 43.0 Å². The van der Waals surface area contributed by atoms with E-state index in [2.05, 4.69) is 36.5 Å². The normalized spacial score (nSPS) is 11.2. The van der Waals surface area contributed by atoms with Crippen LogP contribution in [0.4, 0.5) is 11.5 Å². The Hall–Kier alpha value is -2.89. The molecule has 0 atom stereocenters. The molecule has 6 heteroatoms. The summed E-state index contributed by atoms with van der Waals surface area (Å²) in [5, 5.41) is 12.1. The Morgan fingerprint density at radius 3 is 3.11 bits per heavy atom.